The summed E-state index contributed by atoms with van der Waals surface area (Å²) in [5.41, 5.74) is 17.2. The van der Waals surface area contributed by atoms with Crippen molar-refractivity contribution in [2.24, 2.45) is 0 Å². The average Bonchev–Trinajstić information content (AvgIpc) is 3.52. The number of aryl methyl sites for hydroxylation is 1. The van der Waals surface area contributed by atoms with Crippen LogP contribution in [0.25, 0.3) is 49.8 Å². The largest absolute Gasteiger partial charge is 0.456 e. The molecule has 0 unspecified atom stereocenters. The minimum absolute atomic E-state index is 0.0908. The van der Waals surface area contributed by atoms with E-state index < -0.39 is 0 Å². The molecule has 1 aliphatic rings. The number of furan rings is 1. The molecule has 0 amide bonds. The molecule has 244 valence electrons. The van der Waals surface area contributed by atoms with Crippen LogP contribution in [-0.4, -0.2) is 0 Å². The predicted molar refractivity (Wildman–Crippen MR) is 213 cm³/mol. The Labute approximate surface area is 295 Å². The van der Waals surface area contributed by atoms with Crippen molar-refractivity contribution in [2.75, 3.05) is 0 Å². The highest BCUT2D eigenvalue weighted by Crippen LogP contribution is 2.39. The highest BCUT2D eigenvalue weighted by molar-refractivity contribution is 6.08. The van der Waals surface area contributed by atoms with Gasteiger partial charge < -0.3 is 4.42 Å². The maximum Gasteiger partial charge on any atom is 0.135 e. The van der Waals surface area contributed by atoms with Crippen molar-refractivity contribution in [1.29, 1.82) is 0 Å². The van der Waals surface area contributed by atoms with Crippen LogP contribution in [0, 0.1) is 6.92 Å². The number of benzene rings is 6. The molecule has 1 aliphatic carbocycles. The molecule has 1 aromatic heterocycles. The quantitative estimate of drug-likeness (QED) is 0.175. The molecule has 0 bridgehead atoms. The van der Waals surface area contributed by atoms with Gasteiger partial charge in [-0.15, -0.1) is 0 Å². The van der Waals surface area contributed by atoms with Crippen molar-refractivity contribution >= 4 is 27.5 Å². The van der Waals surface area contributed by atoms with Gasteiger partial charge in [-0.1, -0.05) is 153 Å². The Bertz CT molecular complexity index is 2460. The number of allylic oxidation sites excluding steroid dienone is 6. The molecular weight excluding hydrogens is 605 g/mol. The minimum Gasteiger partial charge on any atom is -0.456 e. The second-order valence-electron chi connectivity index (χ2n) is 14.3. The lowest BCUT2D eigenvalue weighted by Crippen LogP contribution is -2.16. The molecule has 1 heterocycles. The van der Waals surface area contributed by atoms with Crippen LogP contribution in [0.3, 0.4) is 0 Å². The molecule has 6 aromatic carbocycles. The van der Waals surface area contributed by atoms with Gasteiger partial charge in [-0.25, -0.2) is 0 Å². The van der Waals surface area contributed by atoms with E-state index in [0.29, 0.717) is 0 Å². The van der Waals surface area contributed by atoms with E-state index in [9.17, 15) is 0 Å². The van der Waals surface area contributed by atoms with E-state index in [1.807, 2.05) is 0 Å². The number of rotatable bonds is 6. The summed E-state index contributed by atoms with van der Waals surface area (Å²) in [6.45, 7) is 9.03. The summed E-state index contributed by atoms with van der Waals surface area (Å²) >= 11 is 0. The van der Waals surface area contributed by atoms with Crippen LogP contribution in [0.1, 0.15) is 59.7 Å². The van der Waals surface area contributed by atoms with E-state index in [1.54, 1.807) is 0 Å². The van der Waals surface area contributed by atoms with Crippen molar-refractivity contribution in [1.82, 2.24) is 0 Å². The second kappa shape index (κ2) is 13.0. The van der Waals surface area contributed by atoms with E-state index >= 15 is 0 Å². The predicted octanol–water partition coefficient (Wildman–Crippen LogP) is 13.2. The Morgan fingerprint density at radius 2 is 1.30 bits per heavy atom. The van der Waals surface area contributed by atoms with E-state index in [1.165, 1.54) is 72.2 Å². The van der Waals surface area contributed by atoms with E-state index in [2.05, 4.69) is 185 Å². The molecule has 0 radical (unpaired) electrons. The summed E-state index contributed by atoms with van der Waals surface area (Å²) in [6, 6.07) is 46.7. The van der Waals surface area contributed by atoms with Gasteiger partial charge in [0.1, 0.15) is 11.2 Å². The smallest absolute Gasteiger partial charge is 0.135 e. The summed E-state index contributed by atoms with van der Waals surface area (Å²) in [5, 5.41) is 2.37. The fourth-order valence-corrected chi connectivity index (χ4v) is 7.64. The zero-order valence-electron chi connectivity index (χ0n) is 29.3. The van der Waals surface area contributed by atoms with Crippen LogP contribution in [-0.2, 0) is 18.3 Å². The van der Waals surface area contributed by atoms with Gasteiger partial charge in [0.05, 0.1) is 0 Å². The molecule has 0 spiro atoms. The van der Waals surface area contributed by atoms with Gasteiger partial charge in [0.25, 0.3) is 0 Å². The fraction of sp³-hybridized carbons (Fsp3) is 0.143. The van der Waals surface area contributed by atoms with E-state index in [-0.39, 0.29) is 5.41 Å². The van der Waals surface area contributed by atoms with Crippen LogP contribution in [0.5, 0.6) is 0 Å². The molecular formula is C49H42O. The lowest BCUT2D eigenvalue weighted by molar-refractivity contribution is 0.666. The first-order valence-electron chi connectivity index (χ1n) is 17.7. The molecule has 0 fully saturated rings. The maximum absolute atomic E-state index is 6.47. The summed E-state index contributed by atoms with van der Waals surface area (Å²) in [6.07, 6.45) is 12.6. The summed E-state index contributed by atoms with van der Waals surface area (Å²) in [5.74, 6) is 0. The first-order chi connectivity index (χ1) is 24.3. The lowest BCUT2D eigenvalue weighted by atomic mass is 9.78. The van der Waals surface area contributed by atoms with Crippen molar-refractivity contribution in [3.8, 4) is 22.3 Å². The first kappa shape index (κ1) is 31.6. The van der Waals surface area contributed by atoms with Gasteiger partial charge in [-0.05, 0) is 112 Å². The zero-order valence-corrected chi connectivity index (χ0v) is 29.3. The van der Waals surface area contributed by atoms with Gasteiger partial charge in [0.15, 0.2) is 0 Å². The Hall–Kier alpha value is -5.66. The molecule has 0 aliphatic heterocycles. The number of hydrogen-bond donors (Lipinski definition) is 0. The molecule has 1 heteroatoms. The summed E-state index contributed by atoms with van der Waals surface area (Å²) in [7, 11) is 0. The molecule has 7 aromatic rings. The third-order valence-electron chi connectivity index (χ3n) is 10.4. The maximum atomic E-state index is 6.47. The van der Waals surface area contributed by atoms with E-state index in [0.717, 1.165) is 29.4 Å². The Morgan fingerprint density at radius 3 is 2.16 bits per heavy atom. The highest BCUT2D eigenvalue weighted by atomic mass is 16.3. The summed E-state index contributed by atoms with van der Waals surface area (Å²) in [4.78, 5) is 0. The van der Waals surface area contributed by atoms with Crippen LogP contribution in [0.4, 0.5) is 0 Å². The Kier molecular flexibility index (Phi) is 8.21. The number of hydrogen-bond acceptors (Lipinski definition) is 1. The third-order valence-corrected chi connectivity index (χ3v) is 10.4. The average molecular weight is 647 g/mol. The van der Waals surface area contributed by atoms with Crippen LogP contribution < -0.4 is 0 Å². The number of fused-ring (bicyclic) bond motifs is 4. The van der Waals surface area contributed by atoms with Crippen LogP contribution in [0.2, 0.25) is 0 Å². The lowest BCUT2D eigenvalue weighted by Gasteiger charge is -2.25. The normalized spacial score (nSPS) is 15.6. The first-order valence-corrected chi connectivity index (χ1v) is 17.7. The Morgan fingerprint density at radius 1 is 0.540 bits per heavy atom. The Balaban J connectivity index is 1.21. The standard InChI is InChI=1S/C49H42O/c1-33-15-10-11-19-41(33)43-25-22-37(31-40(43)28-35-16-8-5-9-17-35)38-23-26-46-44(32-38)48-39(18-13-20-47(48)50-46)29-36-21-24-42-34(2)14-7-6-12-27-49(3,4)45(42)30-36/h5-27,30-32H,28-29H2,1-4H3/b7-6-,27-12?,34-14+. The van der Waals surface area contributed by atoms with Gasteiger partial charge in [0.2, 0.25) is 0 Å². The highest BCUT2D eigenvalue weighted by Gasteiger charge is 2.23. The van der Waals surface area contributed by atoms with Gasteiger partial charge in [-0.2, -0.15) is 0 Å². The molecule has 0 atom stereocenters. The van der Waals surface area contributed by atoms with Crippen LogP contribution in [0.15, 0.2) is 162 Å². The summed E-state index contributed by atoms with van der Waals surface area (Å²) < 4.78 is 6.47. The van der Waals surface area contributed by atoms with E-state index in [4.69, 9.17) is 4.42 Å². The SMILES string of the molecule is C/C1=C\C=C/C=CC(C)(C)c2cc(Cc3cccc4oc5ccc(-c6ccc(-c7ccccc7C)c(Cc7ccccc7)c6)cc5c34)ccc21. The van der Waals surface area contributed by atoms with Crippen molar-refractivity contribution in [3.05, 3.63) is 197 Å². The van der Waals surface area contributed by atoms with Gasteiger partial charge in [-0.3, -0.25) is 0 Å². The molecule has 8 rings (SSSR count). The zero-order chi connectivity index (χ0) is 34.2. The monoisotopic (exact) mass is 646 g/mol. The topological polar surface area (TPSA) is 13.1 Å². The van der Waals surface area contributed by atoms with Crippen molar-refractivity contribution in [3.63, 3.8) is 0 Å². The van der Waals surface area contributed by atoms with Crippen molar-refractivity contribution < 1.29 is 4.42 Å². The molecule has 1 nitrogen and oxygen atoms in total. The molecule has 0 N–H and O–H groups in total. The fourth-order valence-electron chi connectivity index (χ4n) is 7.64. The van der Waals surface area contributed by atoms with Gasteiger partial charge >= 0.3 is 0 Å². The molecule has 0 saturated carbocycles. The molecule has 50 heavy (non-hydrogen) atoms. The third kappa shape index (κ3) is 6.05. The van der Waals surface area contributed by atoms with Gasteiger partial charge in [0, 0.05) is 16.2 Å². The minimum atomic E-state index is -0.0908. The van der Waals surface area contributed by atoms with Crippen molar-refractivity contribution in [2.45, 2.75) is 46.0 Å². The molecule has 0 saturated heterocycles. The second-order valence-corrected chi connectivity index (χ2v) is 14.3. The van der Waals surface area contributed by atoms with Crippen LogP contribution >= 0.6 is 0 Å².